The maximum absolute atomic E-state index is 9.06. The van der Waals surface area contributed by atoms with E-state index in [-0.39, 0.29) is 5.70 Å². The second-order valence-corrected chi connectivity index (χ2v) is 4.37. The Balaban J connectivity index is 2.43. The molecule has 2 aromatic rings. The Morgan fingerprint density at radius 1 is 1.17 bits per heavy atom. The van der Waals surface area contributed by atoms with Crippen LogP contribution < -0.4 is 0 Å². The molecule has 18 heavy (non-hydrogen) atoms. The average Bonchev–Trinajstić information content (AvgIpc) is 2.43. The lowest BCUT2D eigenvalue weighted by atomic mass is 9.84. The molecular formula is C16H10N2. The van der Waals surface area contributed by atoms with Gasteiger partial charge in [-0.05, 0) is 40.3 Å². The van der Waals surface area contributed by atoms with Gasteiger partial charge in [-0.15, -0.1) is 0 Å². The van der Waals surface area contributed by atoms with Crippen molar-refractivity contribution >= 4 is 16.3 Å². The summed E-state index contributed by atoms with van der Waals surface area (Å²) < 4.78 is 0. The van der Waals surface area contributed by atoms with E-state index in [0.717, 1.165) is 24.0 Å². The molecule has 0 aromatic heterocycles. The largest absolute Gasteiger partial charge is 0.265 e. The van der Waals surface area contributed by atoms with E-state index in [0.29, 0.717) is 0 Å². The molecule has 2 heteroatoms. The van der Waals surface area contributed by atoms with Crippen LogP contribution in [0.5, 0.6) is 0 Å². The van der Waals surface area contributed by atoms with Crippen molar-refractivity contribution in [2.75, 3.05) is 0 Å². The van der Waals surface area contributed by atoms with E-state index in [9.17, 15) is 0 Å². The van der Waals surface area contributed by atoms with Crippen LogP contribution in [0.25, 0.3) is 21.2 Å². The molecule has 1 aliphatic rings. The van der Waals surface area contributed by atoms with Crippen LogP contribution in [0.1, 0.15) is 17.5 Å². The van der Waals surface area contributed by atoms with Crippen molar-refractivity contribution in [2.45, 2.75) is 12.8 Å². The summed E-state index contributed by atoms with van der Waals surface area (Å²) in [5.41, 5.74) is 3.50. The molecule has 0 heterocycles. The summed E-state index contributed by atoms with van der Waals surface area (Å²) in [6, 6.07) is 14.4. The number of allylic oxidation sites excluding steroid dienone is 2. The standard InChI is InChI=1S/C16H10N2/c1-18-15(10-17)13-9-8-12-5-2-4-11-6-3-7-14(13)16(11)12/h2-7H,8-9H2. The smallest absolute Gasteiger partial charge is 0.226 e. The van der Waals surface area contributed by atoms with E-state index in [1.54, 1.807) is 0 Å². The van der Waals surface area contributed by atoms with Crippen LogP contribution in [-0.2, 0) is 6.42 Å². The van der Waals surface area contributed by atoms with Gasteiger partial charge in [0.05, 0.1) is 12.6 Å². The maximum Gasteiger partial charge on any atom is 0.265 e. The molecule has 1 aliphatic carbocycles. The van der Waals surface area contributed by atoms with E-state index in [4.69, 9.17) is 11.8 Å². The van der Waals surface area contributed by atoms with Gasteiger partial charge in [-0.3, -0.25) is 0 Å². The Hall–Kier alpha value is -2.58. The molecule has 0 atom stereocenters. The normalized spacial score (nSPS) is 15.9. The van der Waals surface area contributed by atoms with Crippen LogP contribution in [-0.4, -0.2) is 0 Å². The first kappa shape index (κ1) is 10.6. The lowest BCUT2D eigenvalue weighted by Crippen LogP contribution is -2.01. The van der Waals surface area contributed by atoms with Crippen molar-refractivity contribution in [1.82, 2.24) is 0 Å². The van der Waals surface area contributed by atoms with Gasteiger partial charge in [-0.25, -0.2) is 10.1 Å². The Morgan fingerprint density at radius 3 is 2.67 bits per heavy atom. The number of aryl methyl sites for hydroxylation is 1. The van der Waals surface area contributed by atoms with E-state index in [2.05, 4.69) is 29.1 Å². The van der Waals surface area contributed by atoms with Gasteiger partial charge in [0.1, 0.15) is 0 Å². The predicted octanol–water partition coefficient (Wildman–Crippen LogP) is 3.94. The number of hydrogen-bond acceptors (Lipinski definition) is 1. The first-order chi connectivity index (χ1) is 8.85. The SMILES string of the molecule is [C-]#[N+]C(C#N)=C1CCc2cccc3cccc1c23. The Morgan fingerprint density at radius 2 is 1.94 bits per heavy atom. The molecule has 0 radical (unpaired) electrons. The molecule has 0 unspecified atom stereocenters. The third-order valence-corrected chi connectivity index (χ3v) is 3.46. The number of rotatable bonds is 0. The van der Waals surface area contributed by atoms with Crippen molar-refractivity contribution in [2.24, 2.45) is 0 Å². The quantitative estimate of drug-likeness (QED) is 0.497. The van der Waals surface area contributed by atoms with Gasteiger partial charge in [0.25, 0.3) is 5.70 Å². The molecule has 2 aromatic carbocycles. The van der Waals surface area contributed by atoms with Crippen molar-refractivity contribution in [3.8, 4) is 6.07 Å². The van der Waals surface area contributed by atoms with Crippen LogP contribution in [0, 0.1) is 17.9 Å². The lowest BCUT2D eigenvalue weighted by molar-refractivity contribution is 1.01. The van der Waals surface area contributed by atoms with Crippen LogP contribution in [0.2, 0.25) is 0 Å². The first-order valence-electron chi connectivity index (χ1n) is 5.87. The second kappa shape index (κ2) is 4.02. The van der Waals surface area contributed by atoms with Crippen LogP contribution in [0.3, 0.4) is 0 Å². The van der Waals surface area contributed by atoms with Gasteiger partial charge < -0.3 is 0 Å². The fourth-order valence-corrected chi connectivity index (χ4v) is 2.68. The summed E-state index contributed by atoms with van der Waals surface area (Å²) >= 11 is 0. The summed E-state index contributed by atoms with van der Waals surface area (Å²) in [6.07, 6.45) is 1.69. The van der Waals surface area contributed by atoms with Gasteiger partial charge >= 0.3 is 0 Å². The molecule has 0 spiro atoms. The van der Waals surface area contributed by atoms with Crippen molar-refractivity contribution in [3.63, 3.8) is 0 Å². The van der Waals surface area contributed by atoms with E-state index < -0.39 is 0 Å². The van der Waals surface area contributed by atoms with E-state index in [1.807, 2.05) is 18.2 Å². The third kappa shape index (κ3) is 1.40. The molecule has 2 nitrogen and oxygen atoms in total. The highest BCUT2D eigenvalue weighted by atomic mass is 14.7. The zero-order valence-corrected chi connectivity index (χ0v) is 9.77. The van der Waals surface area contributed by atoms with Crippen molar-refractivity contribution in [3.05, 3.63) is 64.6 Å². The molecule has 0 bridgehead atoms. The summed E-state index contributed by atoms with van der Waals surface area (Å²) in [4.78, 5) is 3.36. The zero-order valence-electron chi connectivity index (χ0n) is 9.77. The predicted molar refractivity (Wildman–Crippen MR) is 71.4 cm³/mol. The molecule has 0 aliphatic heterocycles. The van der Waals surface area contributed by atoms with Gasteiger partial charge in [-0.1, -0.05) is 36.4 Å². The molecule has 0 saturated carbocycles. The highest BCUT2D eigenvalue weighted by Crippen LogP contribution is 2.37. The Bertz CT molecular complexity index is 733. The number of hydrogen-bond donors (Lipinski definition) is 0. The fraction of sp³-hybridized carbons (Fsp3) is 0.125. The fourth-order valence-electron chi connectivity index (χ4n) is 2.68. The number of nitrogens with zero attached hydrogens (tertiary/aromatic N) is 2. The summed E-state index contributed by atoms with van der Waals surface area (Å²) in [5.74, 6) is 0. The van der Waals surface area contributed by atoms with Crippen molar-refractivity contribution in [1.29, 1.82) is 5.26 Å². The van der Waals surface area contributed by atoms with Gasteiger partial charge in [-0.2, -0.15) is 0 Å². The maximum atomic E-state index is 9.06. The first-order valence-corrected chi connectivity index (χ1v) is 5.87. The third-order valence-electron chi connectivity index (χ3n) is 3.46. The molecule has 3 rings (SSSR count). The minimum absolute atomic E-state index is 0.233. The minimum atomic E-state index is 0.233. The van der Waals surface area contributed by atoms with Gasteiger partial charge in [0.15, 0.2) is 0 Å². The topological polar surface area (TPSA) is 28.1 Å². The van der Waals surface area contributed by atoms with Crippen LogP contribution in [0.15, 0.2) is 42.1 Å². The summed E-state index contributed by atoms with van der Waals surface area (Å²) in [7, 11) is 0. The Kier molecular flexibility index (Phi) is 2.36. The van der Waals surface area contributed by atoms with Crippen molar-refractivity contribution < 1.29 is 0 Å². The molecule has 84 valence electrons. The van der Waals surface area contributed by atoms with E-state index >= 15 is 0 Å². The summed E-state index contributed by atoms with van der Waals surface area (Å²) in [5, 5.41) is 11.5. The van der Waals surface area contributed by atoms with E-state index in [1.165, 1.54) is 16.3 Å². The average molecular weight is 230 g/mol. The van der Waals surface area contributed by atoms with Crippen LogP contribution >= 0.6 is 0 Å². The number of benzene rings is 2. The molecule has 0 amide bonds. The number of nitriles is 1. The molecule has 0 fully saturated rings. The van der Waals surface area contributed by atoms with Crippen LogP contribution in [0.4, 0.5) is 0 Å². The van der Waals surface area contributed by atoms with Gasteiger partial charge in [0.2, 0.25) is 0 Å². The minimum Gasteiger partial charge on any atom is -0.226 e. The molecular weight excluding hydrogens is 220 g/mol. The zero-order chi connectivity index (χ0) is 12.5. The summed E-state index contributed by atoms with van der Waals surface area (Å²) in [6.45, 7) is 7.12. The molecule has 0 saturated heterocycles. The van der Waals surface area contributed by atoms with Gasteiger partial charge in [0, 0.05) is 0 Å². The molecule has 0 N–H and O–H groups in total. The lowest BCUT2D eigenvalue weighted by Gasteiger charge is -2.20. The Labute approximate surface area is 106 Å². The second-order valence-electron chi connectivity index (χ2n) is 4.37. The highest BCUT2D eigenvalue weighted by Gasteiger charge is 2.19. The highest BCUT2D eigenvalue weighted by molar-refractivity contribution is 5.99. The monoisotopic (exact) mass is 230 g/mol.